The number of aryl methyl sites for hydroxylation is 1. The van der Waals surface area contributed by atoms with Crippen LogP contribution < -0.4 is 0 Å². The Balaban J connectivity index is 1.41. The molecule has 2 fully saturated rings. The molecule has 8 heteroatoms. The van der Waals surface area contributed by atoms with Gasteiger partial charge in [0.2, 0.25) is 0 Å². The molecule has 0 saturated carbocycles. The minimum absolute atomic E-state index is 0.0172. The summed E-state index contributed by atoms with van der Waals surface area (Å²) in [6, 6.07) is 5.65. The van der Waals surface area contributed by atoms with Crippen molar-refractivity contribution in [2.45, 2.75) is 25.9 Å². The van der Waals surface area contributed by atoms with E-state index in [4.69, 9.17) is 4.74 Å². The highest BCUT2D eigenvalue weighted by atomic mass is 32.1. The maximum Gasteiger partial charge on any atom is 0.265 e. The molecule has 2 aromatic heterocycles. The third-order valence-corrected chi connectivity index (χ3v) is 6.13. The first-order valence-electron chi connectivity index (χ1n) is 9.22. The predicted molar refractivity (Wildman–Crippen MR) is 102 cm³/mol. The molecule has 2 aliphatic heterocycles. The Morgan fingerprint density at radius 2 is 1.96 bits per heavy atom. The van der Waals surface area contributed by atoms with E-state index in [9.17, 15) is 9.59 Å². The van der Waals surface area contributed by atoms with Gasteiger partial charge in [0.25, 0.3) is 11.8 Å². The van der Waals surface area contributed by atoms with Crippen LogP contribution in [0.3, 0.4) is 0 Å². The number of carbonyl (C=O) groups is 2. The van der Waals surface area contributed by atoms with Gasteiger partial charge in [-0.3, -0.25) is 14.6 Å². The van der Waals surface area contributed by atoms with Crippen LogP contribution >= 0.6 is 11.3 Å². The molecule has 0 radical (unpaired) electrons. The molecule has 142 valence electrons. The predicted octanol–water partition coefficient (Wildman–Crippen LogP) is 1.98. The molecule has 1 unspecified atom stereocenters. The first-order chi connectivity index (χ1) is 13.1. The molecule has 7 nitrogen and oxygen atoms in total. The zero-order valence-corrected chi connectivity index (χ0v) is 16.1. The fourth-order valence-electron chi connectivity index (χ4n) is 3.44. The Kier molecular flexibility index (Phi) is 5.18. The van der Waals surface area contributed by atoms with Crippen LogP contribution in [-0.4, -0.2) is 70.5 Å². The van der Waals surface area contributed by atoms with Gasteiger partial charge in [-0.1, -0.05) is 6.07 Å². The summed E-state index contributed by atoms with van der Waals surface area (Å²) in [5.41, 5.74) is 1.50. The number of carbonyl (C=O) groups excluding carboxylic acids is 2. The normalized spacial score (nSPS) is 20.1. The van der Waals surface area contributed by atoms with Gasteiger partial charge in [-0.15, -0.1) is 11.3 Å². The van der Waals surface area contributed by atoms with Gasteiger partial charge in [-0.2, -0.15) is 0 Å². The molecule has 0 aliphatic carbocycles. The zero-order valence-electron chi connectivity index (χ0n) is 15.3. The Morgan fingerprint density at radius 3 is 2.63 bits per heavy atom. The molecule has 2 saturated heterocycles. The van der Waals surface area contributed by atoms with E-state index in [2.05, 4.69) is 9.97 Å². The first kappa shape index (κ1) is 18.1. The summed E-state index contributed by atoms with van der Waals surface area (Å²) in [5, 5.41) is 0.753. The van der Waals surface area contributed by atoms with E-state index >= 15 is 0 Å². The number of hydrogen-bond donors (Lipinski definition) is 0. The SMILES string of the molecule is Cc1nc(-c2ccccn2)sc1C(=O)N1CCN(C(=O)C2CCCO2)CC1. The van der Waals surface area contributed by atoms with Crippen LogP contribution in [0, 0.1) is 6.92 Å². The maximum absolute atomic E-state index is 12.9. The number of pyridine rings is 1. The Labute approximate surface area is 162 Å². The molecule has 0 bridgehead atoms. The number of hydrogen-bond acceptors (Lipinski definition) is 6. The monoisotopic (exact) mass is 386 g/mol. The van der Waals surface area contributed by atoms with Gasteiger partial charge >= 0.3 is 0 Å². The van der Waals surface area contributed by atoms with Crippen molar-refractivity contribution in [1.29, 1.82) is 0 Å². The summed E-state index contributed by atoms with van der Waals surface area (Å²) < 4.78 is 5.49. The van der Waals surface area contributed by atoms with Gasteiger partial charge in [0.1, 0.15) is 16.0 Å². The second kappa shape index (κ2) is 7.74. The summed E-state index contributed by atoms with van der Waals surface area (Å²) in [4.78, 5) is 38.5. The van der Waals surface area contributed by atoms with Crippen LogP contribution in [0.4, 0.5) is 0 Å². The smallest absolute Gasteiger partial charge is 0.265 e. The van der Waals surface area contributed by atoms with E-state index in [0.717, 1.165) is 29.2 Å². The van der Waals surface area contributed by atoms with Crippen molar-refractivity contribution < 1.29 is 14.3 Å². The lowest BCUT2D eigenvalue weighted by Gasteiger charge is -2.35. The van der Waals surface area contributed by atoms with Crippen LogP contribution in [0.25, 0.3) is 10.7 Å². The van der Waals surface area contributed by atoms with Crippen molar-refractivity contribution in [3.05, 3.63) is 35.0 Å². The van der Waals surface area contributed by atoms with E-state index in [1.54, 1.807) is 6.20 Å². The molecule has 0 spiro atoms. The average molecular weight is 386 g/mol. The second-order valence-corrected chi connectivity index (χ2v) is 7.77. The Bertz CT molecular complexity index is 825. The fourth-order valence-corrected chi connectivity index (χ4v) is 4.45. The number of nitrogens with zero attached hydrogens (tertiary/aromatic N) is 4. The summed E-state index contributed by atoms with van der Waals surface area (Å²) in [6.45, 7) is 4.69. The molecule has 2 amide bonds. The number of amides is 2. The molecule has 2 aliphatic rings. The van der Waals surface area contributed by atoms with E-state index < -0.39 is 0 Å². The quantitative estimate of drug-likeness (QED) is 0.806. The van der Waals surface area contributed by atoms with Crippen LogP contribution in [0.2, 0.25) is 0 Å². The molecule has 0 N–H and O–H groups in total. The van der Waals surface area contributed by atoms with E-state index in [-0.39, 0.29) is 17.9 Å². The highest BCUT2D eigenvalue weighted by Crippen LogP contribution is 2.28. The molecule has 2 aromatic rings. The minimum Gasteiger partial charge on any atom is -0.368 e. The van der Waals surface area contributed by atoms with Crippen molar-refractivity contribution in [2.75, 3.05) is 32.8 Å². The zero-order chi connectivity index (χ0) is 18.8. The van der Waals surface area contributed by atoms with Crippen LogP contribution in [0.5, 0.6) is 0 Å². The number of ether oxygens (including phenoxy) is 1. The van der Waals surface area contributed by atoms with Crippen molar-refractivity contribution >= 4 is 23.2 Å². The lowest BCUT2D eigenvalue weighted by Crippen LogP contribution is -2.52. The highest BCUT2D eigenvalue weighted by molar-refractivity contribution is 7.17. The lowest BCUT2D eigenvalue weighted by atomic mass is 10.2. The molecular formula is C19H22N4O3S. The number of piperazine rings is 1. The molecule has 4 heterocycles. The molecule has 1 atom stereocenters. The maximum atomic E-state index is 12.9. The Hall–Kier alpha value is -2.32. The molecule has 27 heavy (non-hydrogen) atoms. The van der Waals surface area contributed by atoms with Gasteiger partial charge in [-0.05, 0) is 31.9 Å². The summed E-state index contributed by atoms with van der Waals surface area (Å²) >= 11 is 1.38. The van der Waals surface area contributed by atoms with Gasteiger partial charge < -0.3 is 14.5 Å². The summed E-state index contributed by atoms with van der Waals surface area (Å²) in [6.07, 6.45) is 3.17. The van der Waals surface area contributed by atoms with Crippen LogP contribution in [-0.2, 0) is 9.53 Å². The Morgan fingerprint density at radius 1 is 1.19 bits per heavy atom. The molecule has 4 rings (SSSR count). The van der Waals surface area contributed by atoms with Crippen LogP contribution in [0.15, 0.2) is 24.4 Å². The second-order valence-electron chi connectivity index (χ2n) is 6.77. The lowest BCUT2D eigenvalue weighted by molar-refractivity contribution is -0.142. The molecule has 0 aromatic carbocycles. The van der Waals surface area contributed by atoms with Crippen molar-refractivity contribution in [1.82, 2.24) is 19.8 Å². The van der Waals surface area contributed by atoms with Crippen molar-refractivity contribution in [3.63, 3.8) is 0 Å². The largest absolute Gasteiger partial charge is 0.368 e. The topological polar surface area (TPSA) is 75.6 Å². The summed E-state index contributed by atoms with van der Waals surface area (Å²) in [7, 11) is 0. The summed E-state index contributed by atoms with van der Waals surface area (Å²) in [5.74, 6) is 0.0439. The van der Waals surface area contributed by atoms with E-state index in [1.165, 1.54) is 11.3 Å². The number of thiazole rings is 1. The fraction of sp³-hybridized carbons (Fsp3) is 0.474. The first-order valence-corrected chi connectivity index (χ1v) is 10.0. The average Bonchev–Trinajstić information content (AvgIpc) is 3.38. The number of rotatable bonds is 3. The van der Waals surface area contributed by atoms with Crippen molar-refractivity contribution in [2.24, 2.45) is 0 Å². The highest BCUT2D eigenvalue weighted by Gasteiger charge is 2.32. The molecular weight excluding hydrogens is 364 g/mol. The van der Waals surface area contributed by atoms with Crippen LogP contribution in [0.1, 0.15) is 28.2 Å². The van der Waals surface area contributed by atoms with Gasteiger partial charge in [0.05, 0.1) is 11.4 Å². The number of aromatic nitrogens is 2. The standard InChI is InChI=1S/C19H22N4O3S/c1-13-16(27-17(21-13)14-5-2-3-7-20-14)19(25)23-10-8-22(9-11-23)18(24)15-6-4-12-26-15/h2-3,5,7,15H,4,6,8-12H2,1H3. The van der Waals surface area contributed by atoms with Crippen molar-refractivity contribution in [3.8, 4) is 10.7 Å². The van der Waals surface area contributed by atoms with Gasteiger partial charge in [0.15, 0.2) is 0 Å². The van der Waals surface area contributed by atoms with E-state index in [0.29, 0.717) is 37.7 Å². The van der Waals surface area contributed by atoms with E-state index in [1.807, 2.05) is 34.9 Å². The van der Waals surface area contributed by atoms with Gasteiger partial charge in [-0.25, -0.2) is 4.98 Å². The third kappa shape index (κ3) is 3.72. The van der Waals surface area contributed by atoms with Gasteiger partial charge in [0, 0.05) is 39.0 Å². The third-order valence-electron chi connectivity index (χ3n) is 4.96. The minimum atomic E-state index is -0.295.